The van der Waals surface area contributed by atoms with Crippen LogP contribution in [0.15, 0.2) is 42.5 Å². The van der Waals surface area contributed by atoms with Crippen LogP contribution < -0.4 is 0 Å². The molecule has 0 fully saturated rings. The van der Waals surface area contributed by atoms with E-state index in [1.807, 2.05) is 23.7 Å². The summed E-state index contributed by atoms with van der Waals surface area (Å²) in [6, 6.07) is 14.0. The van der Waals surface area contributed by atoms with E-state index >= 15 is 0 Å². The van der Waals surface area contributed by atoms with Crippen LogP contribution in [0.5, 0.6) is 0 Å². The normalized spacial score (nSPS) is 10.7. The Morgan fingerprint density at radius 3 is 2.65 bits per heavy atom. The Balaban J connectivity index is 2.02. The second-order valence-corrected chi connectivity index (χ2v) is 4.71. The Hall–Kier alpha value is -2.67. The minimum Gasteiger partial charge on any atom is -0.331 e. The Morgan fingerprint density at radius 2 is 1.95 bits per heavy atom. The minimum atomic E-state index is -0.239. The molecule has 0 aliphatic carbocycles. The Morgan fingerprint density at radius 1 is 1.20 bits per heavy atom. The molecule has 0 spiro atoms. The van der Waals surface area contributed by atoms with Crippen LogP contribution in [0.2, 0.25) is 0 Å². The number of nitriles is 1. The Bertz CT molecular complexity index is 810. The SMILES string of the molecule is Cn1c(Cc2ccc(F)cc2)nc2ccc(C#N)cc21. The fraction of sp³-hybridized carbons (Fsp3) is 0.125. The van der Waals surface area contributed by atoms with E-state index in [9.17, 15) is 4.39 Å². The van der Waals surface area contributed by atoms with E-state index in [2.05, 4.69) is 11.1 Å². The molecule has 0 saturated carbocycles. The van der Waals surface area contributed by atoms with Crippen molar-refractivity contribution in [3.63, 3.8) is 0 Å². The summed E-state index contributed by atoms with van der Waals surface area (Å²) >= 11 is 0. The van der Waals surface area contributed by atoms with Gasteiger partial charge in [0.2, 0.25) is 0 Å². The van der Waals surface area contributed by atoms with Gasteiger partial charge in [-0.3, -0.25) is 0 Å². The van der Waals surface area contributed by atoms with E-state index in [0.717, 1.165) is 22.4 Å². The zero-order valence-electron chi connectivity index (χ0n) is 11.0. The summed E-state index contributed by atoms with van der Waals surface area (Å²) in [5.74, 6) is 0.652. The van der Waals surface area contributed by atoms with Crippen molar-refractivity contribution in [1.29, 1.82) is 5.26 Å². The monoisotopic (exact) mass is 265 g/mol. The lowest BCUT2D eigenvalue weighted by atomic mass is 10.1. The Labute approximate surface area is 115 Å². The summed E-state index contributed by atoms with van der Waals surface area (Å²) in [7, 11) is 1.93. The van der Waals surface area contributed by atoms with Gasteiger partial charge in [-0.1, -0.05) is 12.1 Å². The smallest absolute Gasteiger partial charge is 0.123 e. The van der Waals surface area contributed by atoms with Gasteiger partial charge in [0.25, 0.3) is 0 Å². The first-order valence-corrected chi connectivity index (χ1v) is 6.27. The van der Waals surface area contributed by atoms with Gasteiger partial charge < -0.3 is 4.57 Å². The molecule has 0 radical (unpaired) electrons. The molecular formula is C16H12FN3. The highest BCUT2D eigenvalue weighted by Gasteiger charge is 2.09. The van der Waals surface area contributed by atoms with Crippen molar-refractivity contribution in [2.45, 2.75) is 6.42 Å². The van der Waals surface area contributed by atoms with E-state index in [-0.39, 0.29) is 5.82 Å². The molecule has 4 heteroatoms. The lowest BCUT2D eigenvalue weighted by Crippen LogP contribution is -1.99. The summed E-state index contributed by atoms with van der Waals surface area (Å²) in [6.45, 7) is 0. The molecule has 3 nitrogen and oxygen atoms in total. The van der Waals surface area contributed by atoms with Crippen molar-refractivity contribution in [1.82, 2.24) is 9.55 Å². The number of hydrogen-bond donors (Lipinski definition) is 0. The van der Waals surface area contributed by atoms with Crippen LogP contribution in [0.1, 0.15) is 17.0 Å². The topological polar surface area (TPSA) is 41.6 Å². The van der Waals surface area contributed by atoms with Crippen LogP contribution in [0.3, 0.4) is 0 Å². The first-order valence-electron chi connectivity index (χ1n) is 6.27. The van der Waals surface area contributed by atoms with Crippen molar-refractivity contribution < 1.29 is 4.39 Å². The molecule has 0 atom stereocenters. The average molecular weight is 265 g/mol. The molecule has 2 aromatic carbocycles. The predicted octanol–water partition coefficient (Wildman–Crippen LogP) is 3.17. The van der Waals surface area contributed by atoms with E-state index < -0.39 is 0 Å². The maximum atomic E-state index is 12.9. The lowest BCUT2D eigenvalue weighted by molar-refractivity contribution is 0.627. The van der Waals surface area contributed by atoms with E-state index in [4.69, 9.17) is 5.26 Å². The third-order valence-electron chi connectivity index (χ3n) is 3.38. The number of aromatic nitrogens is 2. The van der Waals surface area contributed by atoms with Crippen molar-refractivity contribution >= 4 is 11.0 Å². The molecule has 0 aliphatic rings. The molecule has 20 heavy (non-hydrogen) atoms. The summed E-state index contributed by atoms with van der Waals surface area (Å²) < 4.78 is 14.9. The third-order valence-corrected chi connectivity index (χ3v) is 3.38. The molecule has 1 aromatic heterocycles. The van der Waals surface area contributed by atoms with Gasteiger partial charge in [0.1, 0.15) is 11.6 Å². The number of nitrogens with zero attached hydrogens (tertiary/aromatic N) is 3. The van der Waals surface area contributed by atoms with Crippen LogP contribution in [0.4, 0.5) is 4.39 Å². The summed E-state index contributed by atoms with van der Waals surface area (Å²) in [5.41, 5.74) is 3.42. The molecular weight excluding hydrogens is 253 g/mol. The number of imidazole rings is 1. The molecule has 0 unspecified atom stereocenters. The lowest BCUT2D eigenvalue weighted by Gasteiger charge is -2.02. The molecule has 0 saturated heterocycles. The second-order valence-electron chi connectivity index (χ2n) is 4.71. The summed E-state index contributed by atoms with van der Waals surface area (Å²) in [6.07, 6.45) is 0.632. The highest BCUT2D eigenvalue weighted by atomic mass is 19.1. The van der Waals surface area contributed by atoms with Crippen molar-refractivity contribution in [3.05, 3.63) is 65.2 Å². The van der Waals surface area contributed by atoms with Crippen molar-refractivity contribution in [2.75, 3.05) is 0 Å². The van der Waals surface area contributed by atoms with Crippen LogP contribution in [0, 0.1) is 17.1 Å². The Kier molecular flexibility index (Phi) is 2.96. The van der Waals surface area contributed by atoms with Gasteiger partial charge in [0.15, 0.2) is 0 Å². The molecule has 3 rings (SSSR count). The van der Waals surface area contributed by atoms with Crippen LogP contribution in [-0.4, -0.2) is 9.55 Å². The number of benzene rings is 2. The average Bonchev–Trinajstić information content (AvgIpc) is 2.77. The zero-order chi connectivity index (χ0) is 14.1. The molecule has 1 heterocycles. The molecule has 0 bridgehead atoms. The summed E-state index contributed by atoms with van der Waals surface area (Å²) in [5, 5.41) is 8.94. The van der Waals surface area contributed by atoms with Crippen LogP contribution in [0.25, 0.3) is 11.0 Å². The number of halogens is 1. The number of rotatable bonds is 2. The van der Waals surface area contributed by atoms with E-state index in [0.29, 0.717) is 12.0 Å². The molecule has 3 aromatic rings. The highest BCUT2D eigenvalue weighted by Crippen LogP contribution is 2.18. The quantitative estimate of drug-likeness (QED) is 0.714. The maximum Gasteiger partial charge on any atom is 0.123 e. The van der Waals surface area contributed by atoms with Crippen molar-refractivity contribution in [2.24, 2.45) is 7.05 Å². The number of fused-ring (bicyclic) bond motifs is 1. The van der Waals surface area contributed by atoms with Gasteiger partial charge in [0.05, 0.1) is 22.7 Å². The fourth-order valence-corrected chi connectivity index (χ4v) is 2.25. The molecule has 0 aliphatic heterocycles. The number of aryl methyl sites for hydroxylation is 1. The largest absolute Gasteiger partial charge is 0.331 e. The molecule has 98 valence electrons. The van der Waals surface area contributed by atoms with E-state index in [1.54, 1.807) is 18.2 Å². The fourth-order valence-electron chi connectivity index (χ4n) is 2.25. The highest BCUT2D eigenvalue weighted by molar-refractivity contribution is 5.77. The van der Waals surface area contributed by atoms with E-state index in [1.165, 1.54) is 12.1 Å². The van der Waals surface area contributed by atoms with Gasteiger partial charge in [0, 0.05) is 13.5 Å². The first kappa shape index (κ1) is 12.4. The predicted molar refractivity (Wildman–Crippen MR) is 74.6 cm³/mol. The molecule has 0 amide bonds. The van der Waals surface area contributed by atoms with Gasteiger partial charge >= 0.3 is 0 Å². The van der Waals surface area contributed by atoms with Crippen molar-refractivity contribution in [3.8, 4) is 6.07 Å². The van der Waals surface area contributed by atoms with Gasteiger partial charge in [-0.05, 0) is 35.9 Å². The van der Waals surface area contributed by atoms with Gasteiger partial charge in [-0.15, -0.1) is 0 Å². The zero-order valence-corrected chi connectivity index (χ0v) is 11.0. The number of hydrogen-bond acceptors (Lipinski definition) is 2. The maximum absolute atomic E-state index is 12.9. The minimum absolute atomic E-state index is 0.239. The third kappa shape index (κ3) is 2.14. The van der Waals surface area contributed by atoms with Crippen LogP contribution in [-0.2, 0) is 13.5 Å². The summed E-state index contributed by atoms with van der Waals surface area (Å²) in [4.78, 5) is 4.57. The van der Waals surface area contributed by atoms with Gasteiger partial charge in [-0.2, -0.15) is 5.26 Å². The van der Waals surface area contributed by atoms with Gasteiger partial charge in [-0.25, -0.2) is 9.37 Å². The molecule has 0 N–H and O–H groups in total. The standard InChI is InChI=1S/C16H12FN3/c1-20-15-8-12(10-18)4-7-14(15)19-16(20)9-11-2-5-13(17)6-3-11/h2-8H,9H2,1H3. The second kappa shape index (κ2) is 4.78. The van der Waals surface area contributed by atoms with Crippen LogP contribution >= 0.6 is 0 Å². The first-order chi connectivity index (χ1) is 9.67.